The number of carbonyl (C=O) groups is 1. The third-order valence-corrected chi connectivity index (χ3v) is 8.17. The van der Waals surface area contributed by atoms with Crippen molar-refractivity contribution in [3.8, 4) is 0 Å². The molecule has 30 heavy (non-hydrogen) atoms. The molecule has 2 N–H and O–H groups in total. The minimum absolute atomic E-state index is 0.0778. The van der Waals surface area contributed by atoms with Gasteiger partial charge in [-0.15, -0.1) is 11.3 Å². The number of rotatable bonds is 5. The van der Waals surface area contributed by atoms with Gasteiger partial charge in [0.15, 0.2) is 5.17 Å². The second-order valence-electron chi connectivity index (χ2n) is 7.41. The molecule has 0 saturated carbocycles. The van der Waals surface area contributed by atoms with Crippen LogP contribution < -0.4 is 5.32 Å². The van der Waals surface area contributed by atoms with Gasteiger partial charge < -0.3 is 19.9 Å². The van der Waals surface area contributed by atoms with Crippen LogP contribution in [0.3, 0.4) is 0 Å². The van der Waals surface area contributed by atoms with Crippen molar-refractivity contribution < 1.29 is 19.4 Å². The number of benzene rings is 1. The summed E-state index contributed by atoms with van der Waals surface area (Å²) in [6.07, 6.45) is 0.588. The van der Waals surface area contributed by atoms with Crippen molar-refractivity contribution in [1.29, 1.82) is 0 Å². The van der Waals surface area contributed by atoms with Crippen LogP contribution in [0.4, 0.5) is 0 Å². The summed E-state index contributed by atoms with van der Waals surface area (Å²) in [4.78, 5) is 22.3. The highest BCUT2D eigenvalue weighted by Crippen LogP contribution is 2.49. The molecule has 2 aliphatic heterocycles. The molecule has 2 aromatic rings. The van der Waals surface area contributed by atoms with E-state index in [-0.39, 0.29) is 25.0 Å². The Labute approximate surface area is 191 Å². The number of hydrogen-bond donors (Lipinski definition) is 2. The van der Waals surface area contributed by atoms with Crippen LogP contribution in [0.2, 0.25) is 0 Å². The number of nitrogens with one attached hydrogen (secondary N) is 1. The van der Waals surface area contributed by atoms with Crippen LogP contribution in [-0.4, -0.2) is 59.4 Å². The molecule has 160 valence electrons. The van der Waals surface area contributed by atoms with Gasteiger partial charge in [0, 0.05) is 29.7 Å². The van der Waals surface area contributed by atoms with E-state index < -0.39 is 11.1 Å². The Morgan fingerprint density at radius 3 is 2.90 bits per heavy atom. The number of thiazole rings is 1. The van der Waals surface area contributed by atoms with E-state index >= 15 is 0 Å². The first-order valence-electron chi connectivity index (χ1n) is 9.44. The van der Waals surface area contributed by atoms with Crippen molar-refractivity contribution in [2.75, 3.05) is 32.7 Å². The Hall–Kier alpha value is -1.30. The van der Waals surface area contributed by atoms with Crippen LogP contribution in [0.15, 0.2) is 45.3 Å². The molecule has 3 atom stereocenters. The van der Waals surface area contributed by atoms with Crippen LogP contribution >= 0.6 is 39.0 Å². The molecule has 10 heteroatoms. The van der Waals surface area contributed by atoms with Crippen LogP contribution in [0.5, 0.6) is 0 Å². The number of methoxy groups -OCH3 is 1. The number of aliphatic imine (C=N–C) groups is 1. The largest absolute Gasteiger partial charge is 0.393 e. The maximum absolute atomic E-state index is 12.6. The smallest absolute Gasteiger partial charge is 0.257 e. The predicted octanol–water partition coefficient (Wildman–Crippen LogP) is 3.05. The maximum Gasteiger partial charge on any atom is 0.257 e. The van der Waals surface area contributed by atoms with Gasteiger partial charge in [-0.1, -0.05) is 30.0 Å². The van der Waals surface area contributed by atoms with Crippen molar-refractivity contribution in [3.05, 3.63) is 50.9 Å². The average molecular weight is 512 g/mol. The number of fused-ring (bicyclic) bond motifs is 1. The van der Waals surface area contributed by atoms with E-state index in [1.54, 1.807) is 19.2 Å². The fourth-order valence-electron chi connectivity index (χ4n) is 3.85. The highest BCUT2D eigenvalue weighted by molar-refractivity contribution is 9.10. The van der Waals surface area contributed by atoms with E-state index in [9.17, 15) is 9.90 Å². The van der Waals surface area contributed by atoms with Crippen LogP contribution in [0, 0.1) is 5.92 Å². The summed E-state index contributed by atoms with van der Waals surface area (Å²) in [6, 6.07) is 9.06. The number of thioether (sulfide) groups is 1. The molecule has 1 aromatic heterocycles. The Morgan fingerprint density at radius 1 is 1.43 bits per heavy atom. The van der Waals surface area contributed by atoms with Gasteiger partial charge in [0.25, 0.3) is 5.91 Å². The monoisotopic (exact) mass is 511 g/mol. The summed E-state index contributed by atoms with van der Waals surface area (Å²) in [5.74, 6) is 0.602. The number of carbonyl (C=O) groups excluding carboxylic acids is 1. The summed E-state index contributed by atoms with van der Waals surface area (Å²) in [5, 5.41) is 16.2. The minimum atomic E-state index is -0.752. The van der Waals surface area contributed by atoms with Gasteiger partial charge in [-0.25, -0.2) is 9.98 Å². The summed E-state index contributed by atoms with van der Waals surface area (Å²) in [6.45, 7) is 0.442. The number of nitrogens with zero attached hydrogens (tertiary/aromatic N) is 2. The molecule has 4 rings (SSSR count). The summed E-state index contributed by atoms with van der Waals surface area (Å²) in [5.41, 5.74) is -0.889. The lowest BCUT2D eigenvalue weighted by Crippen LogP contribution is -2.58. The van der Waals surface area contributed by atoms with Crippen molar-refractivity contribution in [1.82, 2.24) is 10.3 Å². The number of hydrogen-bond acceptors (Lipinski definition) is 8. The van der Waals surface area contributed by atoms with Crippen molar-refractivity contribution in [3.63, 3.8) is 0 Å². The molecule has 0 radical (unpaired) electrons. The summed E-state index contributed by atoms with van der Waals surface area (Å²) < 4.78 is 12.2. The zero-order chi connectivity index (χ0) is 21.2. The fourth-order valence-corrected chi connectivity index (χ4v) is 6.46. The number of aliphatic hydroxyl groups excluding tert-OH is 1. The topological polar surface area (TPSA) is 93.0 Å². The molecule has 2 aliphatic rings. The van der Waals surface area contributed by atoms with Crippen molar-refractivity contribution in [2.24, 2.45) is 10.9 Å². The van der Waals surface area contributed by atoms with Gasteiger partial charge in [0.05, 0.1) is 19.8 Å². The molecule has 0 spiro atoms. The highest BCUT2D eigenvalue weighted by Gasteiger charge is 2.54. The third kappa shape index (κ3) is 4.21. The van der Waals surface area contributed by atoms with Crippen molar-refractivity contribution in [2.45, 2.75) is 17.6 Å². The van der Waals surface area contributed by atoms with E-state index in [1.807, 2.05) is 23.6 Å². The molecule has 7 nitrogen and oxygen atoms in total. The molecule has 1 fully saturated rings. The van der Waals surface area contributed by atoms with Gasteiger partial charge >= 0.3 is 0 Å². The molecular weight excluding hydrogens is 490 g/mol. The van der Waals surface area contributed by atoms with Gasteiger partial charge in [-0.05, 0) is 34.5 Å². The molecule has 1 aromatic carbocycles. The number of aromatic nitrogens is 1. The van der Waals surface area contributed by atoms with E-state index in [0.717, 1.165) is 15.4 Å². The third-order valence-electron chi connectivity index (χ3n) is 5.41. The zero-order valence-electron chi connectivity index (χ0n) is 16.3. The van der Waals surface area contributed by atoms with Crippen LogP contribution in [-0.2, 0) is 15.0 Å². The Kier molecular flexibility index (Phi) is 6.61. The Balaban J connectivity index is 1.66. The lowest BCUT2D eigenvalue weighted by atomic mass is 9.76. The normalized spacial score (nSPS) is 28.5. The lowest BCUT2D eigenvalue weighted by Gasteiger charge is -2.49. The highest BCUT2D eigenvalue weighted by atomic mass is 79.9. The molecule has 1 saturated heterocycles. The zero-order valence-corrected chi connectivity index (χ0v) is 19.6. The number of aliphatic hydroxyl groups is 1. The van der Waals surface area contributed by atoms with Gasteiger partial charge in [-0.2, -0.15) is 0 Å². The first-order chi connectivity index (χ1) is 14.5. The SMILES string of the molecule is COC[C@@]1(CO)C[C@H]2CSC(NC(=O)c3ccccc3)=N[C@@]2(c2nc(Br)cs2)CO1. The van der Waals surface area contributed by atoms with Gasteiger partial charge in [0.1, 0.15) is 20.8 Å². The minimum Gasteiger partial charge on any atom is -0.393 e. The molecule has 1 amide bonds. The Morgan fingerprint density at radius 2 is 2.23 bits per heavy atom. The first-order valence-corrected chi connectivity index (χ1v) is 12.1. The van der Waals surface area contributed by atoms with Crippen molar-refractivity contribution >= 4 is 50.1 Å². The van der Waals surface area contributed by atoms with Crippen LogP contribution in [0.25, 0.3) is 0 Å². The Bertz CT molecular complexity index is 941. The van der Waals surface area contributed by atoms with E-state index in [1.165, 1.54) is 23.1 Å². The number of amidine groups is 1. The average Bonchev–Trinajstić information content (AvgIpc) is 3.21. The number of amides is 1. The standard InChI is InChI=1S/C20H22BrN3O4S2/c1-27-11-19(10-25)7-14-8-30-18(23-16(26)13-5-3-2-4-6-13)24-20(14,12-28-19)17-22-15(21)9-29-17/h2-6,9,14,25H,7-8,10-12H2,1H3,(H,23,24,26)/t14-,19-,20-/m0/s1. The summed E-state index contributed by atoms with van der Waals surface area (Å²) in [7, 11) is 1.60. The molecule has 0 aliphatic carbocycles. The number of halogens is 1. The quantitative estimate of drug-likeness (QED) is 0.640. The lowest BCUT2D eigenvalue weighted by molar-refractivity contribution is -0.175. The van der Waals surface area contributed by atoms with Crippen LogP contribution in [0.1, 0.15) is 21.8 Å². The van der Waals surface area contributed by atoms with Gasteiger partial charge in [0.2, 0.25) is 0 Å². The van der Waals surface area contributed by atoms with E-state index in [0.29, 0.717) is 23.8 Å². The maximum atomic E-state index is 12.6. The summed E-state index contributed by atoms with van der Waals surface area (Å²) >= 11 is 6.45. The molecule has 3 heterocycles. The molecule has 0 bridgehead atoms. The number of ether oxygens (including phenoxy) is 2. The second kappa shape index (κ2) is 9.05. The van der Waals surface area contributed by atoms with Gasteiger partial charge in [-0.3, -0.25) is 4.79 Å². The molecule has 0 unspecified atom stereocenters. The fraction of sp³-hybridized carbons (Fsp3) is 0.450. The van der Waals surface area contributed by atoms with E-state index in [4.69, 9.17) is 14.5 Å². The van der Waals surface area contributed by atoms with E-state index in [2.05, 4.69) is 26.2 Å². The first kappa shape index (κ1) is 21.9. The molecular formula is C20H22BrN3O4S2. The second-order valence-corrected chi connectivity index (χ2v) is 10.1. The predicted molar refractivity (Wildman–Crippen MR) is 121 cm³/mol.